The molecule has 2 nitrogen and oxygen atoms in total. The first kappa shape index (κ1) is 17.3. The molecule has 3 atom stereocenters. The Labute approximate surface area is 133 Å². The van der Waals surface area contributed by atoms with Gasteiger partial charge in [0.15, 0.2) is 0 Å². The molecular weight excluding hydrogens is 256 g/mol. The molecule has 0 amide bonds. The van der Waals surface area contributed by atoms with Crippen LogP contribution < -0.4 is 0 Å². The fourth-order valence-electron chi connectivity index (χ4n) is 4.34. The molecule has 0 radical (unpaired) electrons. The van der Waals surface area contributed by atoms with Gasteiger partial charge in [0.25, 0.3) is 0 Å². The molecule has 2 saturated heterocycles. The van der Waals surface area contributed by atoms with Gasteiger partial charge >= 0.3 is 0 Å². The summed E-state index contributed by atoms with van der Waals surface area (Å²) in [5.74, 6) is 3.72. The van der Waals surface area contributed by atoms with Crippen molar-refractivity contribution < 1.29 is 0 Å². The predicted octanol–water partition coefficient (Wildman–Crippen LogP) is 4.11. The van der Waals surface area contributed by atoms with Crippen molar-refractivity contribution in [2.75, 3.05) is 32.7 Å². The summed E-state index contributed by atoms with van der Waals surface area (Å²) >= 11 is 0. The van der Waals surface area contributed by atoms with E-state index in [-0.39, 0.29) is 0 Å². The summed E-state index contributed by atoms with van der Waals surface area (Å²) in [6.45, 7) is 18.6. The Morgan fingerprint density at radius 1 is 1.00 bits per heavy atom. The molecule has 0 aromatic carbocycles. The number of hydrogen-bond acceptors (Lipinski definition) is 2. The molecule has 2 heteroatoms. The summed E-state index contributed by atoms with van der Waals surface area (Å²) < 4.78 is 0. The van der Waals surface area contributed by atoms with Gasteiger partial charge in [-0.05, 0) is 76.4 Å². The molecule has 2 aliphatic heterocycles. The number of rotatable bonds is 5. The summed E-state index contributed by atoms with van der Waals surface area (Å²) in [5.41, 5.74) is 0. The molecule has 0 N–H and O–H groups in total. The summed E-state index contributed by atoms with van der Waals surface area (Å²) in [7, 11) is 0. The van der Waals surface area contributed by atoms with Crippen LogP contribution in [0, 0.1) is 23.7 Å². The molecular formula is C19H38N2. The number of piperidine rings is 2. The fourth-order valence-corrected chi connectivity index (χ4v) is 4.34. The third-order valence-corrected chi connectivity index (χ3v) is 6.42. The molecule has 0 spiro atoms. The lowest BCUT2D eigenvalue weighted by molar-refractivity contribution is 0.0622. The van der Waals surface area contributed by atoms with E-state index in [4.69, 9.17) is 0 Å². The number of hydrogen-bond donors (Lipinski definition) is 0. The fraction of sp³-hybridized carbons (Fsp3) is 1.00. The molecule has 1 unspecified atom stereocenters. The normalized spacial score (nSPS) is 31.7. The summed E-state index contributed by atoms with van der Waals surface area (Å²) in [4.78, 5) is 5.43. The lowest BCUT2D eigenvalue weighted by atomic mass is 9.82. The van der Waals surface area contributed by atoms with Gasteiger partial charge in [0, 0.05) is 19.1 Å². The summed E-state index contributed by atoms with van der Waals surface area (Å²) in [6, 6.07) is 0.722. The monoisotopic (exact) mass is 294 g/mol. The van der Waals surface area contributed by atoms with E-state index in [1.807, 2.05) is 0 Å². The highest BCUT2D eigenvalue weighted by Crippen LogP contribution is 2.30. The van der Waals surface area contributed by atoms with Gasteiger partial charge in [0.05, 0.1) is 0 Å². The van der Waals surface area contributed by atoms with Gasteiger partial charge in [-0.15, -0.1) is 0 Å². The molecule has 124 valence electrons. The second-order valence-corrected chi connectivity index (χ2v) is 8.14. The largest absolute Gasteiger partial charge is 0.303 e. The Hall–Kier alpha value is -0.0800. The Balaban J connectivity index is 1.74. The zero-order valence-corrected chi connectivity index (χ0v) is 15.1. The van der Waals surface area contributed by atoms with Crippen molar-refractivity contribution in [3.63, 3.8) is 0 Å². The number of likely N-dealkylation sites (tertiary alicyclic amines) is 2. The summed E-state index contributed by atoms with van der Waals surface area (Å²) in [5, 5.41) is 0. The molecule has 2 heterocycles. The molecule has 0 bridgehead atoms. The summed E-state index contributed by atoms with van der Waals surface area (Å²) in [6.07, 6.45) is 5.64. The van der Waals surface area contributed by atoms with Crippen LogP contribution in [0.1, 0.15) is 60.3 Å². The minimum Gasteiger partial charge on any atom is -0.303 e. The third kappa shape index (κ3) is 4.69. The predicted molar refractivity (Wildman–Crippen MR) is 92.6 cm³/mol. The first-order chi connectivity index (χ1) is 10.0. The van der Waals surface area contributed by atoms with Gasteiger partial charge in [-0.1, -0.05) is 27.2 Å². The van der Waals surface area contributed by atoms with Gasteiger partial charge in [0.1, 0.15) is 0 Å². The Morgan fingerprint density at radius 2 is 1.67 bits per heavy atom. The standard InChI is InChI=1S/C19H38N2/c1-6-16(4)18-7-10-20(11-8-18)14-19-9-12-21(15(2)3)13-17(19)5/h15-19H,6-14H2,1-5H3/t16?,17-,19-/m0/s1. The maximum absolute atomic E-state index is 2.77. The van der Waals surface area contributed by atoms with Gasteiger partial charge in [0.2, 0.25) is 0 Å². The maximum Gasteiger partial charge on any atom is 0.00387 e. The number of nitrogens with zero attached hydrogens (tertiary/aromatic N) is 2. The Morgan fingerprint density at radius 3 is 2.19 bits per heavy atom. The van der Waals surface area contributed by atoms with Crippen molar-refractivity contribution in [3.8, 4) is 0 Å². The van der Waals surface area contributed by atoms with Crippen LogP contribution >= 0.6 is 0 Å². The van der Waals surface area contributed by atoms with Crippen LogP contribution in [0.5, 0.6) is 0 Å². The molecule has 0 aliphatic carbocycles. The van der Waals surface area contributed by atoms with Crippen LogP contribution in [0.4, 0.5) is 0 Å². The average molecular weight is 295 g/mol. The SMILES string of the molecule is CCC(C)C1CCN(C[C@@H]2CCN(C(C)C)C[C@@H]2C)CC1. The van der Waals surface area contributed by atoms with E-state index in [0.717, 1.165) is 29.7 Å². The van der Waals surface area contributed by atoms with Crippen LogP contribution in [0.25, 0.3) is 0 Å². The van der Waals surface area contributed by atoms with Gasteiger partial charge in [-0.2, -0.15) is 0 Å². The molecule has 21 heavy (non-hydrogen) atoms. The molecule has 2 rings (SSSR count). The van der Waals surface area contributed by atoms with Crippen molar-refractivity contribution >= 4 is 0 Å². The van der Waals surface area contributed by atoms with Crippen molar-refractivity contribution in [1.82, 2.24) is 9.80 Å². The van der Waals surface area contributed by atoms with E-state index in [1.165, 1.54) is 58.4 Å². The van der Waals surface area contributed by atoms with Crippen LogP contribution in [0.15, 0.2) is 0 Å². The van der Waals surface area contributed by atoms with Crippen molar-refractivity contribution in [1.29, 1.82) is 0 Å². The minimum atomic E-state index is 0.722. The van der Waals surface area contributed by atoms with Gasteiger partial charge in [-0.3, -0.25) is 0 Å². The smallest absolute Gasteiger partial charge is 0.00387 e. The Kier molecular flexibility index (Phi) is 6.55. The van der Waals surface area contributed by atoms with Crippen LogP contribution in [0.2, 0.25) is 0 Å². The first-order valence-electron chi connectivity index (χ1n) is 9.47. The maximum atomic E-state index is 2.77. The molecule has 0 aromatic heterocycles. The highest BCUT2D eigenvalue weighted by molar-refractivity contribution is 4.83. The van der Waals surface area contributed by atoms with E-state index in [0.29, 0.717) is 0 Å². The van der Waals surface area contributed by atoms with E-state index < -0.39 is 0 Å². The van der Waals surface area contributed by atoms with Gasteiger partial charge < -0.3 is 9.80 Å². The first-order valence-corrected chi connectivity index (χ1v) is 9.47. The average Bonchev–Trinajstić information content (AvgIpc) is 2.49. The van der Waals surface area contributed by atoms with Crippen LogP contribution in [-0.4, -0.2) is 48.6 Å². The zero-order chi connectivity index (χ0) is 15.4. The van der Waals surface area contributed by atoms with Crippen molar-refractivity contribution in [2.24, 2.45) is 23.7 Å². The van der Waals surface area contributed by atoms with Crippen molar-refractivity contribution in [2.45, 2.75) is 66.3 Å². The second-order valence-electron chi connectivity index (χ2n) is 8.14. The molecule has 2 aliphatic rings. The van der Waals surface area contributed by atoms with E-state index >= 15 is 0 Å². The van der Waals surface area contributed by atoms with E-state index in [2.05, 4.69) is 44.4 Å². The van der Waals surface area contributed by atoms with E-state index in [9.17, 15) is 0 Å². The Bertz CT molecular complexity index is 294. The highest BCUT2D eigenvalue weighted by atomic mass is 15.2. The molecule has 0 aromatic rings. The van der Waals surface area contributed by atoms with Crippen LogP contribution in [-0.2, 0) is 0 Å². The van der Waals surface area contributed by atoms with E-state index in [1.54, 1.807) is 0 Å². The third-order valence-electron chi connectivity index (χ3n) is 6.42. The minimum absolute atomic E-state index is 0.722. The topological polar surface area (TPSA) is 6.48 Å². The second kappa shape index (κ2) is 7.97. The lowest BCUT2D eigenvalue weighted by Crippen LogP contribution is -2.47. The molecule has 2 fully saturated rings. The van der Waals surface area contributed by atoms with Gasteiger partial charge in [-0.25, -0.2) is 0 Å². The van der Waals surface area contributed by atoms with Crippen LogP contribution in [0.3, 0.4) is 0 Å². The van der Waals surface area contributed by atoms with Crippen molar-refractivity contribution in [3.05, 3.63) is 0 Å². The molecule has 0 saturated carbocycles. The quantitative estimate of drug-likeness (QED) is 0.753. The highest BCUT2D eigenvalue weighted by Gasteiger charge is 2.30. The zero-order valence-electron chi connectivity index (χ0n) is 15.1. The lowest BCUT2D eigenvalue weighted by Gasteiger charge is -2.42.